The molecule has 0 heterocycles. The molecule has 60 valence electrons. The number of rotatable bonds is 1. The molecule has 0 aliphatic carbocycles. The Balaban J connectivity index is 3.25. The first-order chi connectivity index (χ1) is 5.02. The summed E-state index contributed by atoms with van der Waals surface area (Å²) in [4.78, 5) is 0. The third-order valence-corrected chi connectivity index (χ3v) is 3.31. The molecular formula is C6H7AsO4. The van der Waals surface area contributed by atoms with E-state index in [1.54, 1.807) is 0 Å². The second-order valence-corrected chi connectivity index (χ2v) is 5.33. The molecular weight excluding hydrogens is 211 g/mol. The summed E-state index contributed by atoms with van der Waals surface area (Å²) in [5, 5.41) is 8.97. The first-order valence-electron chi connectivity index (χ1n) is 2.86. The van der Waals surface area contributed by atoms with Crippen LogP contribution in [0.5, 0.6) is 5.75 Å². The molecule has 4 nitrogen and oxygen atoms in total. The number of aromatic hydroxyl groups is 1. The summed E-state index contributed by atoms with van der Waals surface area (Å²) < 4.78 is 27.7. The van der Waals surface area contributed by atoms with Gasteiger partial charge < -0.3 is 0 Å². The normalized spacial score (nSPS) is 11.5. The molecule has 0 atom stereocenters. The Labute approximate surface area is 66.1 Å². The van der Waals surface area contributed by atoms with Crippen molar-refractivity contribution in [1.29, 1.82) is 0 Å². The molecule has 0 spiro atoms. The van der Waals surface area contributed by atoms with Crippen molar-refractivity contribution in [1.82, 2.24) is 0 Å². The number of para-hydroxylation sites is 1. The van der Waals surface area contributed by atoms with Crippen molar-refractivity contribution < 1.29 is 17.0 Å². The van der Waals surface area contributed by atoms with Gasteiger partial charge in [0.05, 0.1) is 0 Å². The predicted octanol–water partition coefficient (Wildman–Crippen LogP) is -1.05. The molecule has 0 saturated carbocycles. The number of hydrogen-bond acceptors (Lipinski definition) is 2. The van der Waals surface area contributed by atoms with Crippen LogP contribution in [0, 0.1) is 0 Å². The van der Waals surface area contributed by atoms with E-state index in [0.29, 0.717) is 0 Å². The summed E-state index contributed by atoms with van der Waals surface area (Å²) in [6.07, 6.45) is 0. The van der Waals surface area contributed by atoms with Crippen molar-refractivity contribution in [2.24, 2.45) is 0 Å². The van der Waals surface area contributed by atoms with Crippen LogP contribution in [0.25, 0.3) is 0 Å². The van der Waals surface area contributed by atoms with Gasteiger partial charge in [-0.25, -0.2) is 0 Å². The Bertz CT molecular complexity index is 303. The van der Waals surface area contributed by atoms with Gasteiger partial charge in [-0.05, 0) is 0 Å². The number of phenolic OH excluding ortho intramolecular Hbond substituents is 1. The second kappa shape index (κ2) is 2.74. The molecule has 0 radical (unpaired) electrons. The van der Waals surface area contributed by atoms with Gasteiger partial charge in [0.15, 0.2) is 0 Å². The molecule has 0 aliphatic heterocycles. The van der Waals surface area contributed by atoms with Crippen molar-refractivity contribution in [3.8, 4) is 5.75 Å². The van der Waals surface area contributed by atoms with E-state index in [9.17, 15) is 3.74 Å². The fourth-order valence-corrected chi connectivity index (χ4v) is 2.08. The van der Waals surface area contributed by atoms with Gasteiger partial charge in [-0.3, -0.25) is 0 Å². The maximum absolute atomic E-state index is 10.6. The minimum atomic E-state index is -4.90. The van der Waals surface area contributed by atoms with Crippen LogP contribution in [0.15, 0.2) is 24.3 Å². The molecule has 11 heavy (non-hydrogen) atoms. The monoisotopic (exact) mass is 218 g/mol. The summed E-state index contributed by atoms with van der Waals surface area (Å²) in [7, 11) is 0. The van der Waals surface area contributed by atoms with E-state index < -0.39 is 14.2 Å². The van der Waals surface area contributed by atoms with E-state index in [4.69, 9.17) is 13.3 Å². The van der Waals surface area contributed by atoms with Crippen molar-refractivity contribution in [3.63, 3.8) is 0 Å². The SMILES string of the molecule is O=[As](O)(O)c1ccccc1O. The first kappa shape index (κ1) is 8.40. The summed E-state index contributed by atoms with van der Waals surface area (Å²) in [5.74, 6) is -0.347. The van der Waals surface area contributed by atoms with Crippen LogP contribution in [-0.4, -0.2) is 27.5 Å². The zero-order chi connectivity index (χ0) is 8.48. The molecule has 0 fully saturated rings. The zero-order valence-corrected chi connectivity index (χ0v) is 7.38. The van der Waals surface area contributed by atoms with Crippen molar-refractivity contribution in [2.45, 2.75) is 0 Å². The molecule has 0 unspecified atom stereocenters. The Morgan fingerprint density at radius 1 is 1.18 bits per heavy atom. The fourth-order valence-electron chi connectivity index (χ4n) is 0.710. The summed E-state index contributed by atoms with van der Waals surface area (Å²) >= 11 is -4.90. The van der Waals surface area contributed by atoms with E-state index in [0.717, 1.165) is 0 Å². The van der Waals surface area contributed by atoms with Gasteiger partial charge in [-0.2, -0.15) is 0 Å². The molecule has 1 aromatic rings. The molecule has 0 saturated heterocycles. The Morgan fingerprint density at radius 2 is 1.73 bits per heavy atom. The van der Waals surface area contributed by atoms with Crippen molar-refractivity contribution in [3.05, 3.63) is 24.3 Å². The van der Waals surface area contributed by atoms with Gasteiger partial charge in [0.2, 0.25) is 0 Å². The van der Waals surface area contributed by atoms with Crippen LogP contribution in [0.4, 0.5) is 0 Å². The number of phenols is 1. The summed E-state index contributed by atoms with van der Waals surface area (Å²) in [6.45, 7) is 0. The van der Waals surface area contributed by atoms with E-state index in [1.807, 2.05) is 0 Å². The minimum absolute atomic E-state index is 0.273. The van der Waals surface area contributed by atoms with Crippen molar-refractivity contribution >= 4 is 18.5 Å². The third-order valence-electron chi connectivity index (χ3n) is 1.20. The predicted molar refractivity (Wildman–Crippen MR) is 38.6 cm³/mol. The van der Waals surface area contributed by atoms with E-state index in [-0.39, 0.29) is 10.1 Å². The van der Waals surface area contributed by atoms with Gasteiger partial charge in [0, 0.05) is 0 Å². The van der Waals surface area contributed by atoms with Crippen molar-refractivity contribution in [2.75, 3.05) is 0 Å². The average molecular weight is 218 g/mol. The second-order valence-electron chi connectivity index (χ2n) is 2.03. The Morgan fingerprint density at radius 3 is 2.09 bits per heavy atom. The van der Waals surface area contributed by atoms with Crippen LogP contribution >= 0.6 is 0 Å². The molecule has 0 aliphatic rings. The maximum atomic E-state index is 10.6. The van der Waals surface area contributed by atoms with E-state index in [2.05, 4.69) is 0 Å². The van der Waals surface area contributed by atoms with Crippen LogP contribution in [0.2, 0.25) is 0 Å². The number of hydrogen-bond donors (Lipinski definition) is 3. The van der Waals surface area contributed by atoms with Crippen LogP contribution in [-0.2, 0) is 3.74 Å². The Kier molecular flexibility index (Phi) is 2.09. The van der Waals surface area contributed by atoms with Gasteiger partial charge in [0.25, 0.3) is 0 Å². The number of benzene rings is 1. The summed E-state index contributed by atoms with van der Waals surface area (Å²) in [6, 6.07) is 5.44. The molecule has 0 aromatic heterocycles. The van der Waals surface area contributed by atoms with Gasteiger partial charge >= 0.3 is 65.6 Å². The summed E-state index contributed by atoms with van der Waals surface area (Å²) in [5.41, 5.74) is 0. The van der Waals surface area contributed by atoms with Gasteiger partial charge in [-0.15, -0.1) is 0 Å². The van der Waals surface area contributed by atoms with E-state index >= 15 is 0 Å². The van der Waals surface area contributed by atoms with Crippen LogP contribution in [0.1, 0.15) is 0 Å². The van der Waals surface area contributed by atoms with Gasteiger partial charge in [-0.1, -0.05) is 0 Å². The van der Waals surface area contributed by atoms with Crippen LogP contribution in [0.3, 0.4) is 0 Å². The zero-order valence-electron chi connectivity index (χ0n) is 5.51. The molecule has 5 heteroatoms. The molecule has 3 N–H and O–H groups in total. The molecule has 1 rings (SSSR count). The van der Waals surface area contributed by atoms with Crippen LogP contribution < -0.4 is 4.35 Å². The van der Waals surface area contributed by atoms with Gasteiger partial charge in [0.1, 0.15) is 0 Å². The molecule has 1 aromatic carbocycles. The quantitative estimate of drug-likeness (QED) is 0.526. The topological polar surface area (TPSA) is 77.8 Å². The Hall–Kier alpha value is -0.702. The molecule has 0 amide bonds. The van der Waals surface area contributed by atoms with E-state index in [1.165, 1.54) is 24.3 Å². The average Bonchev–Trinajstić information content (AvgIpc) is 1.86. The third kappa shape index (κ3) is 1.86. The molecule has 0 bridgehead atoms. The first-order valence-corrected chi connectivity index (χ1v) is 6.24. The standard InChI is InChI=1S/C6H7AsO4/c8-6-4-2-1-3-5(6)7(9,10)11/h1-4,8H,(H2,9,10,11). The fraction of sp³-hybridized carbons (Fsp3) is 0.